The highest BCUT2D eigenvalue weighted by Gasteiger charge is 2.35. The Morgan fingerprint density at radius 3 is 2.53 bits per heavy atom. The van der Waals surface area contributed by atoms with E-state index in [1.807, 2.05) is 34.6 Å². The molecular weight excluding hydrogens is 218 g/mol. The Morgan fingerprint density at radius 2 is 2.06 bits per heavy atom. The Kier molecular flexibility index (Phi) is 4.42. The molecule has 1 fully saturated rings. The van der Waals surface area contributed by atoms with Crippen molar-refractivity contribution in [1.82, 2.24) is 4.90 Å². The van der Waals surface area contributed by atoms with Crippen LogP contribution in [0.25, 0.3) is 0 Å². The predicted molar refractivity (Wildman–Crippen MR) is 66.8 cm³/mol. The predicted octanol–water partition coefficient (Wildman–Crippen LogP) is 2.40. The number of hydrogen-bond acceptors (Lipinski definition) is 3. The normalized spacial score (nSPS) is 30.2. The van der Waals surface area contributed by atoms with Crippen LogP contribution in [-0.2, 0) is 4.74 Å². The third-order valence-electron chi connectivity index (χ3n) is 3.24. The minimum atomic E-state index is -0.464. The number of aliphatic hydroxyl groups is 1. The number of rotatable bonds is 1. The Hall–Kier alpha value is -0.770. The van der Waals surface area contributed by atoms with E-state index in [1.54, 1.807) is 4.90 Å². The van der Waals surface area contributed by atoms with Crippen LogP contribution >= 0.6 is 0 Å². The minimum Gasteiger partial charge on any atom is -0.444 e. The van der Waals surface area contributed by atoms with Gasteiger partial charge in [-0.2, -0.15) is 0 Å². The summed E-state index contributed by atoms with van der Waals surface area (Å²) in [7, 11) is 0. The minimum absolute atomic E-state index is 0.0441. The number of carbonyl (C=O) groups excluding carboxylic acids is 1. The molecule has 3 atom stereocenters. The molecule has 4 nitrogen and oxygen atoms in total. The molecule has 0 aromatic heterocycles. The van der Waals surface area contributed by atoms with Crippen LogP contribution in [0.1, 0.15) is 47.5 Å². The van der Waals surface area contributed by atoms with E-state index >= 15 is 0 Å². The lowest BCUT2D eigenvalue weighted by Gasteiger charge is -2.41. The maximum absolute atomic E-state index is 12.0. The van der Waals surface area contributed by atoms with Crippen molar-refractivity contribution in [2.24, 2.45) is 5.92 Å². The highest BCUT2D eigenvalue weighted by molar-refractivity contribution is 5.68. The molecule has 1 heterocycles. The summed E-state index contributed by atoms with van der Waals surface area (Å²) in [5.41, 5.74) is -0.464. The third-order valence-corrected chi connectivity index (χ3v) is 3.24. The van der Waals surface area contributed by atoms with Gasteiger partial charge in [-0.3, -0.25) is 0 Å². The summed E-state index contributed by atoms with van der Waals surface area (Å²) < 4.78 is 5.38. The standard InChI is InChI=1S/C13H25NO3/c1-6-10-8-14(9(2)7-11(10)15)12(16)17-13(3,4)5/h9-11,15H,6-8H2,1-5H3/t9-,10-,11-/m0/s1. The molecule has 1 aliphatic heterocycles. The number of likely N-dealkylation sites (tertiary alicyclic amines) is 1. The Morgan fingerprint density at radius 1 is 1.47 bits per heavy atom. The quantitative estimate of drug-likeness (QED) is 0.769. The van der Waals surface area contributed by atoms with Gasteiger partial charge in [0.05, 0.1) is 6.10 Å². The van der Waals surface area contributed by atoms with E-state index in [0.29, 0.717) is 13.0 Å². The number of aliphatic hydroxyl groups excluding tert-OH is 1. The van der Waals surface area contributed by atoms with Crippen LogP contribution in [-0.4, -0.2) is 40.4 Å². The summed E-state index contributed by atoms with van der Waals surface area (Å²) in [4.78, 5) is 13.8. The van der Waals surface area contributed by atoms with Gasteiger partial charge < -0.3 is 14.7 Å². The Bertz CT molecular complexity index is 272. The highest BCUT2D eigenvalue weighted by atomic mass is 16.6. The van der Waals surface area contributed by atoms with E-state index in [0.717, 1.165) is 6.42 Å². The first-order chi connectivity index (χ1) is 7.74. The fourth-order valence-electron chi connectivity index (χ4n) is 2.20. The Balaban J connectivity index is 2.66. The largest absolute Gasteiger partial charge is 0.444 e. The van der Waals surface area contributed by atoms with Gasteiger partial charge in [-0.1, -0.05) is 6.92 Å². The zero-order valence-corrected chi connectivity index (χ0v) is 11.6. The first-order valence-electron chi connectivity index (χ1n) is 6.42. The van der Waals surface area contributed by atoms with Crippen molar-refractivity contribution < 1.29 is 14.6 Å². The molecule has 1 rings (SSSR count). The second-order valence-electron chi connectivity index (χ2n) is 5.95. The molecule has 100 valence electrons. The zero-order valence-electron chi connectivity index (χ0n) is 11.6. The van der Waals surface area contributed by atoms with Crippen molar-refractivity contribution in [3.63, 3.8) is 0 Å². The van der Waals surface area contributed by atoms with Crippen molar-refractivity contribution in [2.45, 2.75) is 65.2 Å². The second kappa shape index (κ2) is 5.25. The monoisotopic (exact) mass is 243 g/mol. The van der Waals surface area contributed by atoms with Crippen molar-refractivity contribution in [2.75, 3.05) is 6.54 Å². The molecule has 0 spiro atoms. The first-order valence-corrected chi connectivity index (χ1v) is 6.42. The zero-order chi connectivity index (χ0) is 13.2. The van der Waals surface area contributed by atoms with Gasteiger partial charge in [0.25, 0.3) is 0 Å². The van der Waals surface area contributed by atoms with Crippen molar-refractivity contribution >= 4 is 6.09 Å². The molecule has 0 unspecified atom stereocenters. The Labute approximate surface area is 104 Å². The number of nitrogens with zero attached hydrogens (tertiary/aromatic N) is 1. The summed E-state index contributed by atoms with van der Waals surface area (Å²) in [6.07, 6.45) is 0.953. The van der Waals surface area contributed by atoms with Crippen LogP contribution in [0.5, 0.6) is 0 Å². The molecule has 4 heteroatoms. The molecule has 0 bridgehead atoms. The van der Waals surface area contributed by atoms with Crippen LogP contribution in [0.15, 0.2) is 0 Å². The van der Waals surface area contributed by atoms with E-state index in [2.05, 4.69) is 0 Å². The van der Waals surface area contributed by atoms with Gasteiger partial charge in [0.2, 0.25) is 0 Å². The topological polar surface area (TPSA) is 49.8 Å². The molecule has 1 N–H and O–H groups in total. The number of amides is 1. The molecule has 0 aliphatic carbocycles. The van der Waals surface area contributed by atoms with E-state index in [1.165, 1.54) is 0 Å². The number of ether oxygens (including phenoxy) is 1. The van der Waals surface area contributed by atoms with Crippen LogP contribution in [0.3, 0.4) is 0 Å². The van der Waals surface area contributed by atoms with Gasteiger partial charge in [0, 0.05) is 18.5 Å². The molecule has 17 heavy (non-hydrogen) atoms. The van der Waals surface area contributed by atoms with Gasteiger partial charge in [0.15, 0.2) is 0 Å². The van der Waals surface area contributed by atoms with Crippen molar-refractivity contribution in [3.05, 3.63) is 0 Å². The SMILES string of the molecule is CC[C@H]1CN(C(=O)OC(C)(C)C)[C@@H](C)C[C@@H]1O. The molecule has 0 aromatic carbocycles. The summed E-state index contributed by atoms with van der Waals surface area (Å²) in [6.45, 7) is 10.2. The highest BCUT2D eigenvalue weighted by Crippen LogP contribution is 2.26. The molecule has 1 aliphatic rings. The molecule has 0 radical (unpaired) electrons. The maximum Gasteiger partial charge on any atom is 0.410 e. The molecule has 1 amide bonds. The lowest BCUT2D eigenvalue weighted by Crippen LogP contribution is -2.52. The smallest absolute Gasteiger partial charge is 0.410 e. The van der Waals surface area contributed by atoms with E-state index in [4.69, 9.17) is 4.74 Å². The fraction of sp³-hybridized carbons (Fsp3) is 0.923. The summed E-state index contributed by atoms with van der Waals surface area (Å²) in [5, 5.41) is 9.89. The van der Waals surface area contributed by atoms with E-state index in [-0.39, 0.29) is 24.2 Å². The fourth-order valence-corrected chi connectivity index (χ4v) is 2.20. The van der Waals surface area contributed by atoms with Crippen LogP contribution < -0.4 is 0 Å². The molecule has 0 saturated carbocycles. The van der Waals surface area contributed by atoms with E-state index in [9.17, 15) is 9.90 Å². The van der Waals surface area contributed by atoms with Crippen LogP contribution in [0.2, 0.25) is 0 Å². The van der Waals surface area contributed by atoms with E-state index < -0.39 is 5.60 Å². The summed E-state index contributed by atoms with van der Waals surface area (Å²) in [6, 6.07) is 0.0441. The molecule has 0 aromatic rings. The lowest BCUT2D eigenvalue weighted by atomic mass is 9.89. The third kappa shape index (κ3) is 3.87. The number of hydrogen-bond donors (Lipinski definition) is 1. The van der Waals surface area contributed by atoms with Gasteiger partial charge in [-0.25, -0.2) is 4.79 Å². The van der Waals surface area contributed by atoms with Crippen molar-refractivity contribution in [1.29, 1.82) is 0 Å². The average molecular weight is 243 g/mol. The molecular formula is C13H25NO3. The first kappa shape index (κ1) is 14.3. The van der Waals surface area contributed by atoms with Crippen LogP contribution in [0, 0.1) is 5.92 Å². The second-order valence-corrected chi connectivity index (χ2v) is 5.95. The average Bonchev–Trinajstić information content (AvgIpc) is 2.14. The summed E-state index contributed by atoms with van der Waals surface area (Å²) >= 11 is 0. The van der Waals surface area contributed by atoms with Crippen LogP contribution in [0.4, 0.5) is 4.79 Å². The van der Waals surface area contributed by atoms with Gasteiger partial charge in [-0.05, 0) is 40.5 Å². The molecule has 1 saturated heterocycles. The number of carbonyl (C=O) groups is 1. The van der Waals surface area contributed by atoms with Gasteiger partial charge in [0.1, 0.15) is 5.60 Å². The maximum atomic E-state index is 12.0. The lowest BCUT2D eigenvalue weighted by molar-refractivity contribution is -0.0271. The van der Waals surface area contributed by atoms with Gasteiger partial charge in [-0.15, -0.1) is 0 Å². The van der Waals surface area contributed by atoms with Crippen molar-refractivity contribution in [3.8, 4) is 0 Å². The van der Waals surface area contributed by atoms with Gasteiger partial charge >= 0.3 is 6.09 Å². The number of piperidine rings is 1. The summed E-state index contributed by atoms with van der Waals surface area (Å²) in [5.74, 6) is 0.165.